The zero-order chi connectivity index (χ0) is 14.2. The second-order valence-corrected chi connectivity index (χ2v) is 4.81. The van der Waals surface area contributed by atoms with Crippen molar-refractivity contribution >= 4 is 17.8 Å². The molecule has 0 atom stereocenters. The molecule has 19 heavy (non-hydrogen) atoms. The molecule has 4 amide bonds. The molecule has 2 heterocycles. The van der Waals surface area contributed by atoms with Crippen molar-refractivity contribution in [3.8, 4) is 0 Å². The van der Waals surface area contributed by atoms with Crippen LogP contribution in [-0.2, 0) is 22.7 Å². The van der Waals surface area contributed by atoms with E-state index in [1.54, 1.807) is 4.57 Å². The molecular formula is C11H15N5O3. The van der Waals surface area contributed by atoms with Crippen molar-refractivity contribution in [1.82, 2.24) is 25.0 Å². The lowest BCUT2D eigenvalue weighted by atomic mass is 9.89. The van der Waals surface area contributed by atoms with E-state index in [2.05, 4.69) is 15.5 Å². The lowest BCUT2D eigenvalue weighted by molar-refractivity contribution is -0.149. The maximum absolute atomic E-state index is 12.2. The van der Waals surface area contributed by atoms with Crippen LogP contribution in [0.3, 0.4) is 0 Å². The lowest BCUT2D eigenvalue weighted by Gasteiger charge is -2.34. The summed E-state index contributed by atoms with van der Waals surface area (Å²) < 4.78 is 1.73. The van der Waals surface area contributed by atoms with Crippen molar-refractivity contribution in [2.24, 2.45) is 5.41 Å². The average molecular weight is 265 g/mol. The molecule has 0 spiro atoms. The van der Waals surface area contributed by atoms with Gasteiger partial charge in [0.2, 0.25) is 11.8 Å². The summed E-state index contributed by atoms with van der Waals surface area (Å²) in [6.45, 7) is 5.49. The fraction of sp³-hybridized carbons (Fsp3) is 0.545. The smallest absolute Gasteiger partial charge is 0.316 e. The molecule has 1 fully saturated rings. The third-order valence-electron chi connectivity index (χ3n) is 3.15. The maximum atomic E-state index is 12.2. The molecule has 1 aliphatic heterocycles. The number of carbonyl (C=O) groups excluding carboxylic acids is 3. The van der Waals surface area contributed by atoms with Gasteiger partial charge in [-0.3, -0.25) is 19.8 Å². The van der Waals surface area contributed by atoms with Gasteiger partial charge in [-0.05, 0) is 20.8 Å². The number of amides is 4. The van der Waals surface area contributed by atoms with Crippen LogP contribution in [0.25, 0.3) is 0 Å². The fourth-order valence-electron chi connectivity index (χ4n) is 1.80. The number of hydrogen-bond acceptors (Lipinski definition) is 5. The second kappa shape index (κ2) is 4.45. The predicted molar refractivity (Wildman–Crippen MR) is 63.6 cm³/mol. The number of carbonyl (C=O) groups is 3. The van der Waals surface area contributed by atoms with Crippen molar-refractivity contribution in [3.63, 3.8) is 0 Å². The summed E-state index contributed by atoms with van der Waals surface area (Å²) in [7, 11) is 0. The first-order valence-corrected chi connectivity index (χ1v) is 5.92. The van der Waals surface area contributed by atoms with E-state index in [0.29, 0.717) is 12.4 Å². The fourth-order valence-corrected chi connectivity index (χ4v) is 1.80. The van der Waals surface area contributed by atoms with Gasteiger partial charge in [0, 0.05) is 6.54 Å². The van der Waals surface area contributed by atoms with E-state index in [1.165, 1.54) is 20.2 Å². The number of hydrogen-bond donors (Lipinski definition) is 1. The molecule has 1 saturated heterocycles. The van der Waals surface area contributed by atoms with Crippen LogP contribution in [-0.4, -0.2) is 37.5 Å². The van der Waals surface area contributed by atoms with Crippen LogP contribution < -0.4 is 5.32 Å². The molecule has 0 unspecified atom stereocenters. The first kappa shape index (κ1) is 13.2. The van der Waals surface area contributed by atoms with Gasteiger partial charge in [0.1, 0.15) is 11.7 Å². The van der Waals surface area contributed by atoms with Gasteiger partial charge in [0.25, 0.3) is 0 Å². The first-order valence-electron chi connectivity index (χ1n) is 5.92. The van der Waals surface area contributed by atoms with Crippen molar-refractivity contribution in [1.29, 1.82) is 0 Å². The molecular weight excluding hydrogens is 250 g/mol. The number of imide groups is 2. The van der Waals surface area contributed by atoms with Gasteiger partial charge in [-0.1, -0.05) is 0 Å². The highest BCUT2D eigenvalue weighted by Crippen LogP contribution is 2.24. The minimum Gasteiger partial charge on any atom is -0.316 e. The van der Waals surface area contributed by atoms with Gasteiger partial charge >= 0.3 is 6.03 Å². The van der Waals surface area contributed by atoms with Crippen molar-refractivity contribution in [3.05, 3.63) is 12.2 Å². The number of urea groups is 1. The number of barbiturate groups is 1. The summed E-state index contributed by atoms with van der Waals surface area (Å²) in [6, 6.07) is -0.722. The summed E-state index contributed by atoms with van der Waals surface area (Å²) in [6.07, 6.45) is 1.53. The molecule has 0 aliphatic carbocycles. The van der Waals surface area contributed by atoms with Crippen molar-refractivity contribution in [2.75, 3.05) is 0 Å². The van der Waals surface area contributed by atoms with E-state index in [0.717, 1.165) is 4.90 Å². The maximum Gasteiger partial charge on any atom is 0.331 e. The quantitative estimate of drug-likeness (QED) is 0.770. The molecule has 1 aromatic heterocycles. The number of aromatic nitrogens is 3. The normalized spacial score (nSPS) is 18.7. The highest BCUT2D eigenvalue weighted by molar-refractivity contribution is 6.18. The minimum atomic E-state index is -1.26. The molecule has 1 aliphatic rings. The van der Waals surface area contributed by atoms with Crippen LogP contribution in [0.4, 0.5) is 4.79 Å². The van der Waals surface area contributed by atoms with E-state index in [-0.39, 0.29) is 6.54 Å². The Morgan fingerprint density at radius 3 is 2.63 bits per heavy atom. The van der Waals surface area contributed by atoms with Crippen LogP contribution >= 0.6 is 0 Å². The Morgan fingerprint density at radius 1 is 1.32 bits per heavy atom. The third-order valence-corrected chi connectivity index (χ3v) is 3.15. The van der Waals surface area contributed by atoms with E-state index in [4.69, 9.17) is 0 Å². The Labute approximate surface area is 109 Å². The van der Waals surface area contributed by atoms with Crippen LogP contribution in [0.5, 0.6) is 0 Å². The Balaban J connectivity index is 2.27. The summed E-state index contributed by atoms with van der Waals surface area (Å²) in [5, 5.41) is 9.78. The van der Waals surface area contributed by atoms with E-state index < -0.39 is 23.3 Å². The monoisotopic (exact) mass is 265 g/mol. The largest absolute Gasteiger partial charge is 0.331 e. The Bertz CT molecular complexity index is 548. The van der Waals surface area contributed by atoms with E-state index in [1.807, 2.05) is 6.92 Å². The average Bonchev–Trinajstić information content (AvgIpc) is 2.80. The van der Waals surface area contributed by atoms with Gasteiger partial charge in [-0.25, -0.2) is 4.79 Å². The van der Waals surface area contributed by atoms with Crippen LogP contribution in [0.15, 0.2) is 6.33 Å². The van der Waals surface area contributed by atoms with Gasteiger partial charge in [-0.2, -0.15) is 0 Å². The van der Waals surface area contributed by atoms with Crippen molar-refractivity contribution < 1.29 is 14.4 Å². The summed E-state index contributed by atoms with van der Waals surface area (Å²) >= 11 is 0. The molecule has 8 nitrogen and oxygen atoms in total. The second-order valence-electron chi connectivity index (χ2n) is 4.81. The standard InChI is InChI=1S/C11H15N5O3/c1-4-15-6-12-14-7(15)5-16-9(18)11(2,3)8(17)13-10(16)19/h6H,4-5H2,1-3H3,(H,13,17,19). The zero-order valence-electron chi connectivity index (χ0n) is 11.0. The van der Waals surface area contributed by atoms with Gasteiger partial charge in [-0.15, -0.1) is 10.2 Å². The van der Waals surface area contributed by atoms with Crippen molar-refractivity contribution in [2.45, 2.75) is 33.9 Å². The van der Waals surface area contributed by atoms with Gasteiger partial charge < -0.3 is 4.57 Å². The highest BCUT2D eigenvalue weighted by atomic mass is 16.2. The molecule has 0 saturated carbocycles. The first-order chi connectivity index (χ1) is 8.87. The molecule has 102 valence electrons. The lowest BCUT2D eigenvalue weighted by Crippen LogP contribution is -2.61. The zero-order valence-corrected chi connectivity index (χ0v) is 11.0. The SMILES string of the molecule is CCn1cnnc1CN1C(=O)NC(=O)C(C)(C)C1=O. The molecule has 1 N–H and O–H groups in total. The Hall–Kier alpha value is -2.25. The number of nitrogens with zero attached hydrogens (tertiary/aromatic N) is 4. The number of aryl methyl sites for hydroxylation is 1. The van der Waals surface area contributed by atoms with E-state index in [9.17, 15) is 14.4 Å². The number of nitrogens with one attached hydrogen (secondary N) is 1. The topological polar surface area (TPSA) is 97.2 Å². The summed E-state index contributed by atoms with van der Waals surface area (Å²) in [5.41, 5.74) is -1.26. The molecule has 0 bridgehead atoms. The van der Waals surface area contributed by atoms with Crippen LogP contribution in [0.2, 0.25) is 0 Å². The van der Waals surface area contributed by atoms with Crippen LogP contribution in [0.1, 0.15) is 26.6 Å². The molecule has 8 heteroatoms. The predicted octanol–water partition coefficient (Wildman–Crippen LogP) is -0.0974. The highest BCUT2D eigenvalue weighted by Gasteiger charge is 2.47. The van der Waals surface area contributed by atoms with Crippen LogP contribution in [0, 0.1) is 5.41 Å². The minimum absolute atomic E-state index is 0.00475. The molecule has 1 aromatic rings. The molecule has 0 aromatic carbocycles. The molecule has 2 rings (SSSR count). The Kier molecular flexibility index (Phi) is 3.09. The summed E-state index contributed by atoms with van der Waals surface area (Å²) in [4.78, 5) is 36.5. The summed E-state index contributed by atoms with van der Waals surface area (Å²) in [5.74, 6) is -0.626. The third kappa shape index (κ3) is 2.09. The van der Waals surface area contributed by atoms with Gasteiger partial charge in [0.05, 0.1) is 6.54 Å². The molecule has 0 radical (unpaired) electrons. The van der Waals surface area contributed by atoms with Gasteiger partial charge in [0.15, 0.2) is 5.82 Å². The number of rotatable bonds is 3. The van der Waals surface area contributed by atoms with E-state index >= 15 is 0 Å². The Morgan fingerprint density at radius 2 is 2.00 bits per heavy atom.